The monoisotopic (exact) mass is 599 g/mol. The van der Waals surface area contributed by atoms with E-state index in [1.54, 1.807) is 6.08 Å². The molecule has 2 atom stereocenters. The molecule has 2 rings (SSSR count). The van der Waals surface area contributed by atoms with Crippen LogP contribution in [-0.4, -0.2) is 26.1 Å². The molecule has 0 aromatic heterocycles. The van der Waals surface area contributed by atoms with Crippen LogP contribution >= 0.6 is 0 Å². The van der Waals surface area contributed by atoms with Gasteiger partial charge < -0.3 is 9.53 Å². The van der Waals surface area contributed by atoms with Crippen molar-refractivity contribution in [3.05, 3.63) is 24.8 Å². The Hall–Kier alpha value is 0.630. The summed E-state index contributed by atoms with van der Waals surface area (Å²) in [6, 6.07) is 0. The van der Waals surface area contributed by atoms with E-state index in [-0.39, 0.29) is 37.2 Å². The van der Waals surface area contributed by atoms with Crippen LogP contribution in [0.2, 0.25) is 18.1 Å². The van der Waals surface area contributed by atoms with Gasteiger partial charge in [0.2, 0.25) is 0 Å². The summed E-state index contributed by atoms with van der Waals surface area (Å²) in [5.74, 6) is 0.0996. The number of hydrogen-bond donors (Lipinski definition) is 1. The van der Waals surface area contributed by atoms with Crippen molar-refractivity contribution >= 4 is 8.32 Å². The van der Waals surface area contributed by atoms with Gasteiger partial charge in [0, 0.05) is 38.7 Å². The minimum atomic E-state index is -4.94. The number of halogens is 1. The summed E-state index contributed by atoms with van der Waals surface area (Å²) in [4.78, 5) is 0. The van der Waals surface area contributed by atoms with E-state index in [1.165, 1.54) is 64.2 Å². The average molecular weight is 601 g/mol. The normalized spacial score (nSPS) is 17.7. The Bertz CT molecular complexity index is 467. The number of rotatable bonds is 7. The number of aliphatic hydroxyl groups excluding tert-OH is 1. The Kier molecular flexibility index (Phi) is 25.0. The van der Waals surface area contributed by atoms with Gasteiger partial charge in [-0.25, -0.2) is 18.6 Å². The summed E-state index contributed by atoms with van der Waals surface area (Å²) >= 11 is 0. The Labute approximate surface area is 231 Å². The topological polar surface area (TPSA) is 122 Å². The molecule has 0 heterocycles. The summed E-state index contributed by atoms with van der Waals surface area (Å²) in [6.45, 7) is 17.6. The summed E-state index contributed by atoms with van der Waals surface area (Å²) in [5, 5.41) is 9.97. The Morgan fingerprint density at radius 3 is 1.50 bits per heavy atom. The molecule has 6 nitrogen and oxygen atoms in total. The van der Waals surface area contributed by atoms with Crippen LogP contribution < -0.4 is 18.6 Å². The summed E-state index contributed by atoms with van der Waals surface area (Å²) < 4.78 is 40.0. The van der Waals surface area contributed by atoms with Crippen LogP contribution in [0, 0.1) is 16.2 Å². The maximum Gasteiger partial charge on any atom is 0.191 e. The molecule has 1 N–H and O–H groups in total. The fourth-order valence-electron chi connectivity index (χ4n) is 2.92. The Balaban J connectivity index is -0.000000479. The van der Waals surface area contributed by atoms with E-state index in [1.807, 2.05) is 19.1 Å². The molecule has 34 heavy (non-hydrogen) atoms. The second-order valence-corrected chi connectivity index (χ2v) is 15.9. The van der Waals surface area contributed by atoms with Crippen molar-refractivity contribution < 1.29 is 64.6 Å². The molecule has 0 radical (unpaired) electrons. The van der Waals surface area contributed by atoms with Crippen LogP contribution in [0.1, 0.15) is 98.3 Å². The molecule has 0 bridgehead atoms. The first-order valence-corrected chi connectivity index (χ1v) is 16.5. The predicted molar refractivity (Wildman–Crippen MR) is 128 cm³/mol. The van der Waals surface area contributed by atoms with E-state index in [4.69, 9.17) is 23.1 Å². The SMILES string of the molecule is C1CCCC1.C1CCCC1.C=CC(C)C(O)/C=C/CCO[Si](C)(C)C(C)(C)C.[O-][Cl+3]([O-])([O-])[O-].[Zr]. The fraction of sp³-hybridized carbons (Fsp3) is 0.840. The van der Waals surface area contributed by atoms with Crippen molar-refractivity contribution in [1.82, 2.24) is 0 Å². The van der Waals surface area contributed by atoms with Crippen molar-refractivity contribution in [1.29, 1.82) is 0 Å². The van der Waals surface area contributed by atoms with Crippen molar-refractivity contribution in [3.8, 4) is 0 Å². The fourth-order valence-corrected chi connectivity index (χ4v) is 3.98. The van der Waals surface area contributed by atoms with Crippen molar-refractivity contribution in [2.75, 3.05) is 6.61 Å². The quantitative estimate of drug-likeness (QED) is 0.272. The van der Waals surface area contributed by atoms with Crippen molar-refractivity contribution in [2.45, 2.75) is 123 Å². The van der Waals surface area contributed by atoms with E-state index in [2.05, 4.69) is 40.4 Å². The molecule has 202 valence electrons. The second kappa shape index (κ2) is 21.7. The molecule has 2 fully saturated rings. The molecule has 2 aliphatic carbocycles. The summed E-state index contributed by atoms with van der Waals surface area (Å²) in [5.41, 5.74) is 0. The van der Waals surface area contributed by atoms with Gasteiger partial charge in [0.1, 0.15) is 0 Å². The third-order valence-electron chi connectivity index (χ3n) is 6.30. The third kappa shape index (κ3) is 27.2. The van der Waals surface area contributed by atoms with Crippen LogP contribution in [0.15, 0.2) is 24.8 Å². The van der Waals surface area contributed by atoms with Gasteiger partial charge in [-0.1, -0.05) is 110 Å². The summed E-state index contributed by atoms with van der Waals surface area (Å²) in [6.07, 6.45) is 21.0. The molecule has 0 amide bonds. The molecule has 0 aromatic carbocycles. The molecular weight excluding hydrogens is 551 g/mol. The zero-order valence-electron chi connectivity index (χ0n) is 22.4. The standard InChI is InChI=1S/C15H30O2Si.2C5H10.ClHO4.Zr/c1-8-13(2)14(16)11-9-10-12-17-18(6,7)15(3,4)5;2*1-2-4-5-3-1;2-1(3,4)5;/h8-9,11,13-14,16H,1,10,12H2,2-7H3;2*1-5H2;(H,2,3,4,5);/p-1/b11-9+;;;;. The zero-order valence-corrected chi connectivity index (χ0v) is 26.7. The van der Waals surface area contributed by atoms with Gasteiger partial charge in [0.15, 0.2) is 8.32 Å². The smallest absolute Gasteiger partial charge is 0.191 e. The molecule has 0 spiro atoms. The van der Waals surface area contributed by atoms with Gasteiger partial charge in [-0.05, 0) is 24.6 Å². The van der Waals surface area contributed by atoms with E-state index in [0.717, 1.165) is 13.0 Å². The number of hydrogen-bond acceptors (Lipinski definition) is 6. The van der Waals surface area contributed by atoms with Crippen LogP contribution in [-0.2, 0) is 30.6 Å². The van der Waals surface area contributed by atoms with Crippen molar-refractivity contribution in [2.24, 2.45) is 5.92 Å². The average Bonchev–Trinajstić information content (AvgIpc) is 3.43. The predicted octanol–water partition coefficient (Wildman–Crippen LogP) is 3.28. The molecule has 2 saturated carbocycles. The maximum atomic E-state index is 9.72. The minimum Gasteiger partial charge on any atom is -0.417 e. The molecule has 0 aliphatic heterocycles. The van der Waals surface area contributed by atoms with Crippen LogP contribution in [0.25, 0.3) is 0 Å². The summed E-state index contributed by atoms with van der Waals surface area (Å²) in [7, 11) is -6.57. The van der Waals surface area contributed by atoms with Gasteiger partial charge >= 0.3 is 0 Å². The van der Waals surface area contributed by atoms with Crippen LogP contribution in [0.3, 0.4) is 0 Å². The van der Waals surface area contributed by atoms with Gasteiger partial charge in [-0.15, -0.1) is 16.8 Å². The van der Waals surface area contributed by atoms with Gasteiger partial charge in [-0.3, -0.25) is 0 Å². The molecule has 0 saturated heterocycles. The zero-order chi connectivity index (χ0) is 26.0. The molecule has 0 aromatic rings. The second-order valence-electron chi connectivity index (χ2n) is 10.3. The first-order valence-electron chi connectivity index (χ1n) is 12.3. The van der Waals surface area contributed by atoms with E-state index >= 15 is 0 Å². The van der Waals surface area contributed by atoms with Gasteiger partial charge in [0.25, 0.3) is 0 Å². The van der Waals surface area contributed by atoms with E-state index in [9.17, 15) is 5.11 Å². The van der Waals surface area contributed by atoms with E-state index < -0.39 is 24.7 Å². The van der Waals surface area contributed by atoms with Crippen LogP contribution in [0.4, 0.5) is 0 Å². The molecule has 2 aliphatic rings. The van der Waals surface area contributed by atoms with E-state index in [0.29, 0.717) is 0 Å². The molecule has 9 heteroatoms. The first kappa shape index (κ1) is 39.1. The Morgan fingerprint density at radius 2 is 1.24 bits per heavy atom. The Morgan fingerprint density at radius 1 is 0.912 bits per heavy atom. The number of aliphatic hydroxyl groups is 1. The maximum absolute atomic E-state index is 9.72. The van der Waals surface area contributed by atoms with Gasteiger partial charge in [0.05, 0.1) is 6.10 Å². The van der Waals surface area contributed by atoms with Gasteiger partial charge in [-0.2, -0.15) is 0 Å². The largest absolute Gasteiger partial charge is 0.417 e. The van der Waals surface area contributed by atoms with Crippen molar-refractivity contribution in [3.63, 3.8) is 0 Å². The third-order valence-corrected chi connectivity index (χ3v) is 10.8. The molecule has 2 unspecified atom stereocenters. The first-order chi connectivity index (χ1) is 15.1. The minimum absolute atomic E-state index is 0. The molecular formula is C25H50ClO6SiZr-. The van der Waals surface area contributed by atoms with Crippen LogP contribution in [0.5, 0.6) is 0 Å².